The van der Waals surface area contributed by atoms with Crippen LogP contribution in [0.25, 0.3) is 11.3 Å². The largest absolute Gasteiger partial charge is 0.398 e. The van der Waals surface area contributed by atoms with Crippen molar-refractivity contribution in [3.05, 3.63) is 65.8 Å². The summed E-state index contributed by atoms with van der Waals surface area (Å²) in [6.07, 6.45) is 1.97. The van der Waals surface area contributed by atoms with Crippen molar-refractivity contribution < 1.29 is 32.3 Å². The molecule has 0 radical (unpaired) electrons. The standard InChI is InChI=1S/C27H29F3N6O4S/c28-27(29,30)19-5-2-1-4-18(16-19)24(38)33-20-8-6-17(7-9-20)22-21(23(31)37)25(41-35-22)34-26(39)32-10-3-11-36-12-14-40-15-13-36/h1-2,4-9,16,19H,3,10-15H2,(H2,31,37)(H,33,38)(H2,32,34,39). The minimum atomic E-state index is -4.52. The van der Waals surface area contributed by atoms with Gasteiger partial charge in [0.05, 0.1) is 24.8 Å². The van der Waals surface area contributed by atoms with Gasteiger partial charge < -0.3 is 21.1 Å². The molecular weight excluding hydrogens is 561 g/mol. The maximum atomic E-state index is 13.2. The number of alkyl halides is 3. The van der Waals surface area contributed by atoms with Gasteiger partial charge in [0.1, 0.15) is 10.6 Å². The summed E-state index contributed by atoms with van der Waals surface area (Å²) in [6, 6.07) is 5.69. The average molecular weight is 591 g/mol. The molecule has 1 aromatic carbocycles. The number of carbonyl (C=O) groups is 3. The number of nitrogens with zero attached hydrogens (tertiary/aromatic N) is 2. The second kappa shape index (κ2) is 13.6. The van der Waals surface area contributed by atoms with Crippen molar-refractivity contribution in [3.8, 4) is 11.3 Å². The minimum Gasteiger partial charge on any atom is -0.379 e. The number of morpholine rings is 1. The predicted molar refractivity (Wildman–Crippen MR) is 150 cm³/mol. The number of amides is 4. The van der Waals surface area contributed by atoms with E-state index < -0.39 is 29.9 Å². The van der Waals surface area contributed by atoms with Crippen molar-refractivity contribution in [2.24, 2.45) is 11.7 Å². The molecule has 5 N–H and O–H groups in total. The Bertz CT molecular complexity index is 1350. The fourth-order valence-electron chi connectivity index (χ4n) is 4.20. The monoisotopic (exact) mass is 590 g/mol. The molecule has 0 spiro atoms. The lowest BCUT2D eigenvalue weighted by Crippen LogP contribution is -2.38. The normalized spacial score (nSPS) is 17.4. The fourth-order valence-corrected chi connectivity index (χ4v) is 5.00. The Kier molecular flexibility index (Phi) is 9.91. The minimum absolute atomic E-state index is 0.0368. The van der Waals surface area contributed by atoms with Gasteiger partial charge in [0.25, 0.3) is 11.8 Å². The lowest BCUT2D eigenvalue weighted by atomic mass is 10.0. The maximum absolute atomic E-state index is 13.2. The van der Waals surface area contributed by atoms with Crippen molar-refractivity contribution in [2.75, 3.05) is 50.0 Å². The summed E-state index contributed by atoms with van der Waals surface area (Å²) in [5.74, 6) is -3.37. The van der Waals surface area contributed by atoms with E-state index in [2.05, 4.69) is 25.2 Å². The van der Waals surface area contributed by atoms with Gasteiger partial charge in [-0.05, 0) is 42.7 Å². The number of allylic oxidation sites excluding steroid dienone is 4. The SMILES string of the molecule is NC(=O)c1c(-c2ccc(NC(=O)C3=CC(C(F)(F)F)C=CC=C3)cc2)nsc1NC(=O)NCCCN1CCOCC1. The number of nitrogens with two attached hydrogens (primary N) is 1. The predicted octanol–water partition coefficient (Wildman–Crippen LogP) is 3.92. The first-order valence-electron chi connectivity index (χ1n) is 12.8. The Morgan fingerprint density at radius 2 is 1.83 bits per heavy atom. The van der Waals surface area contributed by atoms with Crippen LogP contribution in [0.15, 0.2) is 60.2 Å². The van der Waals surface area contributed by atoms with Crippen LogP contribution in [0.3, 0.4) is 0 Å². The van der Waals surface area contributed by atoms with Gasteiger partial charge in [0.15, 0.2) is 0 Å². The third kappa shape index (κ3) is 8.25. The van der Waals surface area contributed by atoms with Crippen LogP contribution < -0.4 is 21.7 Å². The lowest BCUT2D eigenvalue weighted by molar-refractivity contribution is -0.148. The molecule has 41 heavy (non-hydrogen) atoms. The highest BCUT2D eigenvalue weighted by Crippen LogP contribution is 2.33. The van der Waals surface area contributed by atoms with E-state index in [-0.39, 0.29) is 21.8 Å². The number of rotatable bonds is 9. The third-order valence-corrected chi connectivity index (χ3v) is 7.09. The second-order valence-corrected chi connectivity index (χ2v) is 10.0. The van der Waals surface area contributed by atoms with E-state index in [0.717, 1.165) is 49.7 Å². The van der Waals surface area contributed by atoms with Gasteiger partial charge in [-0.2, -0.15) is 17.5 Å². The number of hydrogen-bond donors (Lipinski definition) is 4. The Balaban J connectivity index is 1.37. The number of carbonyl (C=O) groups excluding carboxylic acids is 3. The molecule has 10 nitrogen and oxygen atoms in total. The zero-order chi connectivity index (χ0) is 29.4. The highest BCUT2D eigenvalue weighted by molar-refractivity contribution is 7.11. The molecular formula is C27H29F3N6O4S. The summed E-state index contributed by atoms with van der Waals surface area (Å²) < 4.78 is 49.1. The summed E-state index contributed by atoms with van der Waals surface area (Å²) in [5.41, 5.74) is 6.55. The van der Waals surface area contributed by atoms with Crippen molar-refractivity contribution in [2.45, 2.75) is 12.6 Å². The smallest absolute Gasteiger partial charge is 0.379 e. The number of primary amides is 1. The van der Waals surface area contributed by atoms with Crippen molar-refractivity contribution in [3.63, 3.8) is 0 Å². The zero-order valence-corrected chi connectivity index (χ0v) is 22.7. The molecule has 1 aromatic heterocycles. The van der Waals surface area contributed by atoms with Crippen LogP contribution in [0.5, 0.6) is 0 Å². The van der Waals surface area contributed by atoms with E-state index in [9.17, 15) is 27.6 Å². The zero-order valence-electron chi connectivity index (χ0n) is 21.9. The van der Waals surface area contributed by atoms with Gasteiger partial charge >= 0.3 is 12.2 Å². The lowest BCUT2D eigenvalue weighted by Gasteiger charge is -2.26. The van der Waals surface area contributed by atoms with Gasteiger partial charge in [0.2, 0.25) is 0 Å². The van der Waals surface area contributed by atoms with E-state index in [1.165, 1.54) is 30.4 Å². The number of benzene rings is 1. The summed E-state index contributed by atoms with van der Waals surface area (Å²) >= 11 is 0.900. The van der Waals surface area contributed by atoms with Crippen LogP contribution >= 0.6 is 11.5 Å². The molecule has 218 valence electrons. The third-order valence-electron chi connectivity index (χ3n) is 6.33. The Morgan fingerprint density at radius 3 is 2.51 bits per heavy atom. The van der Waals surface area contributed by atoms with Gasteiger partial charge in [-0.3, -0.25) is 19.8 Å². The van der Waals surface area contributed by atoms with Crippen molar-refractivity contribution in [1.82, 2.24) is 14.6 Å². The molecule has 0 saturated carbocycles. The van der Waals surface area contributed by atoms with Crippen LogP contribution in [-0.2, 0) is 9.53 Å². The quantitative estimate of drug-likeness (QED) is 0.327. The molecule has 1 aliphatic carbocycles. The topological polar surface area (TPSA) is 139 Å². The number of urea groups is 1. The molecule has 4 rings (SSSR count). The van der Waals surface area contributed by atoms with E-state index in [0.29, 0.717) is 31.0 Å². The molecule has 2 aliphatic rings. The molecule has 1 saturated heterocycles. The highest BCUT2D eigenvalue weighted by Gasteiger charge is 2.37. The van der Waals surface area contributed by atoms with E-state index in [4.69, 9.17) is 10.5 Å². The number of anilines is 2. The van der Waals surface area contributed by atoms with Crippen LogP contribution in [0.4, 0.5) is 28.7 Å². The highest BCUT2D eigenvalue weighted by atomic mass is 32.1. The molecule has 14 heteroatoms. The number of aromatic nitrogens is 1. The second-order valence-electron chi connectivity index (χ2n) is 9.25. The molecule has 1 unspecified atom stereocenters. The number of halogens is 3. The van der Waals surface area contributed by atoms with E-state index >= 15 is 0 Å². The van der Waals surface area contributed by atoms with E-state index in [1.807, 2.05) is 0 Å². The summed E-state index contributed by atoms with van der Waals surface area (Å²) in [5, 5.41) is 8.14. The summed E-state index contributed by atoms with van der Waals surface area (Å²) in [4.78, 5) is 39.5. The first kappa shape index (κ1) is 30.0. The Hall–Kier alpha value is -4.01. The van der Waals surface area contributed by atoms with Gasteiger partial charge in [-0.1, -0.05) is 36.4 Å². The molecule has 0 bridgehead atoms. The van der Waals surface area contributed by atoms with Crippen molar-refractivity contribution >= 4 is 40.1 Å². The maximum Gasteiger partial charge on any atom is 0.398 e. The fraction of sp³-hybridized carbons (Fsp3) is 0.333. The van der Waals surface area contributed by atoms with Crippen LogP contribution in [0.2, 0.25) is 0 Å². The summed E-state index contributed by atoms with van der Waals surface area (Å²) in [6.45, 7) is 4.40. The van der Waals surface area contributed by atoms with Crippen molar-refractivity contribution in [1.29, 1.82) is 0 Å². The Labute approximate surface area is 238 Å². The molecule has 1 aliphatic heterocycles. The summed E-state index contributed by atoms with van der Waals surface area (Å²) in [7, 11) is 0. The van der Waals surface area contributed by atoms with Crippen LogP contribution in [0.1, 0.15) is 16.8 Å². The van der Waals surface area contributed by atoms with E-state index in [1.54, 1.807) is 12.1 Å². The van der Waals surface area contributed by atoms with Gasteiger partial charge in [0, 0.05) is 36.5 Å². The van der Waals surface area contributed by atoms with Gasteiger partial charge in [-0.15, -0.1) is 0 Å². The van der Waals surface area contributed by atoms with Gasteiger partial charge in [-0.25, -0.2) is 4.79 Å². The Morgan fingerprint density at radius 1 is 1.10 bits per heavy atom. The first-order valence-corrected chi connectivity index (χ1v) is 13.6. The number of ether oxygens (including phenoxy) is 1. The van der Waals surface area contributed by atoms with Crippen LogP contribution in [0, 0.1) is 5.92 Å². The average Bonchev–Trinajstić information content (AvgIpc) is 3.18. The number of nitrogens with one attached hydrogen (secondary N) is 3. The molecule has 2 aromatic rings. The van der Waals surface area contributed by atoms with Crippen LogP contribution in [-0.4, -0.2) is 72.7 Å². The first-order chi connectivity index (χ1) is 19.6. The molecule has 1 fully saturated rings. The molecule has 1 atom stereocenters. The number of hydrogen-bond acceptors (Lipinski definition) is 7. The molecule has 2 heterocycles. The molecule has 4 amide bonds.